The zero-order valence-corrected chi connectivity index (χ0v) is 12.5. The third-order valence-electron chi connectivity index (χ3n) is 2.13. The normalized spacial score (nSPS) is 14.6. The summed E-state index contributed by atoms with van der Waals surface area (Å²) in [5.41, 5.74) is 0.577. The van der Waals surface area contributed by atoms with Gasteiger partial charge in [-0.25, -0.2) is 8.93 Å². The van der Waals surface area contributed by atoms with E-state index in [1.807, 2.05) is 13.8 Å². The third-order valence-corrected chi connectivity index (χ3v) is 4.65. The van der Waals surface area contributed by atoms with Gasteiger partial charge in [0, 0.05) is 21.0 Å². The second-order valence-corrected chi connectivity index (χ2v) is 7.06. The van der Waals surface area contributed by atoms with Crippen molar-refractivity contribution in [2.24, 2.45) is 0 Å². The van der Waals surface area contributed by atoms with Crippen molar-refractivity contribution >= 4 is 37.3 Å². The highest BCUT2D eigenvalue weighted by Crippen LogP contribution is 2.22. The lowest BCUT2D eigenvalue weighted by Gasteiger charge is -2.15. The Morgan fingerprint density at radius 1 is 1.47 bits per heavy atom. The standard InChI is InChI=1S/C12H16BrNO2S/c1-8(2)14-17(4,16)10-5-6-11(9(3)15)12(13)7-10/h5-8H,4H2,1-3H3,(H,14,16). The lowest BCUT2D eigenvalue weighted by molar-refractivity contribution is 0.101. The van der Waals surface area contributed by atoms with Crippen molar-refractivity contribution in [1.29, 1.82) is 0 Å². The Bertz CT molecular complexity index is 535. The quantitative estimate of drug-likeness (QED) is 0.685. The van der Waals surface area contributed by atoms with Gasteiger partial charge in [0.25, 0.3) is 0 Å². The van der Waals surface area contributed by atoms with E-state index in [1.165, 1.54) is 6.92 Å². The van der Waals surface area contributed by atoms with Crippen LogP contribution in [-0.2, 0) is 9.71 Å². The van der Waals surface area contributed by atoms with Crippen molar-refractivity contribution in [3.8, 4) is 0 Å². The van der Waals surface area contributed by atoms with Gasteiger partial charge in [0.1, 0.15) is 0 Å². The second-order valence-electron chi connectivity index (χ2n) is 4.15. The number of carbonyl (C=O) groups excluding carboxylic acids is 1. The van der Waals surface area contributed by atoms with Crippen LogP contribution in [0.2, 0.25) is 0 Å². The summed E-state index contributed by atoms with van der Waals surface area (Å²) in [4.78, 5) is 11.9. The van der Waals surface area contributed by atoms with Gasteiger partial charge in [-0.1, -0.05) is 15.9 Å². The Balaban J connectivity index is 3.18. The van der Waals surface area contributed by atoms with Crippen molar-refractivity contribution in [1.82, 2.24) is 4.72 Å². The van der Waals surface area contributed by atoms with E-state index in [2.05, 4.69) is 26.5 Å². The van der Waals surface area contributed by atoms with Crippen molar-refractivity contribution in [2.45, 2.75) is 31.7 Å². The monoisotopic (exact) mass is 317 g/mol. The number of carbonyl (C=O) groups is 1. The molecule has 0 radical (unpaired) electrons. The topological polar surface area (TPSA) is 46.2 Å². The number of hydrogen-bond acceptors (Lipinski definition) is 2. The van der Waals surface area contributed by atoms with Crippen LogP contribution in [0.15, 0.2) is 27.6 Å². The summed E-state index contributed by atoms with van der Waals surface area (Å²) in [6, 6.07) is 5.09. The number of rotatable bonds is 4. The average molecular weight is 318 g/mol. The molecule has 0 saturated heterocycles. The maximum atomic E-state index is 12.3. The summed E-state index contributed by atoms with van der Waals surface area (Å²) in [5, 5.41) is 0. The molecule has 0 amide bonds. The predicted molar refractivity (Wildman–Crippen MR) is 75.9 cm³/mol. The molecule has 0 saturated carbocycles. The Kier molecular flexibility index (Phi) is 4.52. The molecular formula is C12H16BrNO2S. The van der Waals surface area contributed by atoms with E-state index < -0.39 is 9.71 Å². The number of ketones is 1. The number of hydrogen-bond donors (Lipinski definition) is 1. The summed E-state index contributed by atoms with van der Waals surface area (Å²) < 4.78 is 15.9. The molecule has 3 nitrogen and oxygen atoms in total. The van der Waals surface area contributed by atoms with Gasteiger partial charge in [0.2, 0.25) is 0 Å². The van der Waals surface area contributed by atoms with Crippen LogP contribution < -0.4 is 4.72 Å². The van der Waals surface area contributed by atoms with Gasteiger partial charge in [-0.2, -0.15) is 0 Å². The first-order valence-corrected chi connectivity index (χ1v) is 7.71. The van der Waals surface area contributed by atoms with Crippen molar-refractivity contribution in [3.63, 3.8) is 0 Å². The molecule has 0 heterocycles. The largest absolute Gasteiger partial charge is 0.294 e. The molecule has 17 heavy (non-hydrogen) atoms. The van der Waals surface area contributed by atoms with Crippen LogP contribution in [0, 0.1) is 0 Å². The van der Waals surface area contributed by atoms with Gasteiger partial charge >= 0.3 is 0 Å². The number of nitrogens with one attached hydrogen (secondary N) is 1. The Labute approximate surface area is 111 Å². The maximum Gasteiger partial charge on any atom is 0.160 e. The number of Topliss-reactive ketones (excluding diaryl/α,β-unsaturated/α-hetero) is 1. The predicted octanol–water partition coefficient (Wildman–Crippen LogP) is 2.64. The summed E-state index contributed by atoms with van der Waals surface area (Å²) >= 11 is 3.30. The molecule has 0 fully saturated rings. The van der Waals surface area contributed by atoms with E-state index in [0.29, 0.717) is 14.9 Å². The minimum Gasteiger partial charge on any atom is -0.294 e. The molecule has 1 aromatic carbocycles. The molecule has 1 unspecified atom stereocenters. The summed E-state index contributed by atoms with van der Waals surface area (Å²) in [6.07, 6.45) is 0. The first-order chi connectivity index (χ1) is 7.74. The van der Waals surface area contributed by atoms with Gasteiger partial charge in [-0.15, -0.1) is 0 Å². The molecule has 1 aromatic rings. The first kappa shape index (κ1) is 14.4. The minimum atomic E-state index is -2.52. The summed E-state index contributed by atoms with van der Waals surface area (Å²) in [6.45, 7) is 5.31. The van der Waals surface area contributed by atoms with Gasteiger partial charge in [0.15, 0.2) is 5.78 Å². The molecule has 0 spiro atoms. The van der Waals surface area contributed by atoms with Crippen LogP contribution in [0.25, 0.3) is 0 Å². The van der Waals surface area contributed by atoms with Crippen molar-refractivity contribution in [3.05, 3.63) is 28.2 Å². The van der Waals surface area contributed by atoms with E-state index in [9.17, 15) is 9.00 Å². The average Bonchev–Trinajstić information content (AvgIpc) is 2.14. The van der Waals surface area contributed by atoms with Gasteiger partial charge in [-0.3, -0.25) is 4.79 Å². The molecule has 0 aromatic heterocycles. The Morgan fingerprint density at radius 2 is 2.06 bits per heavy atom. The highest BCUT2D eigenvalue weighted by atomic mass is 79.9. The fourth-order valence-corrected chi connectivity index (χ4v) is 3.74. The van der Waals surface area contributed by atoms with Crippen LogP contribution in [0.1, 0.15) is 31.1 Å². The molecule has 0 bridgehead atoms. The fourth-order valence-electron chi connectivity index (χ4n) is 1.44. The smallest absolute Gasteiger partial charge is 0.160 e. The zero-order valence-electron chi connectivity index (χ0n) is 10.1. The van der Waals surface area contributed by atoms with Gasteiger partial charge in [-0.05, 0) is 44.8 Å². The lowest BCUT2D eigenvalue weighted by Crippen LogP contribution is -2.30. The Hall–Kier alpha value is -0.650. The molecule has 94 valence electrons. The molecule has 1 N–H and O–H groups in total. The van der Waals surface area contributed by atoms with Gasteiger partial charge < -0.3 is 0 Å². The van der Waals surface area contributed by atoms with Crippen molar-refractivity contribution in [2.75, 3.05) is 0 Å². The van der Waals surface area contributed by atoms with Crippen LogP contribution in [0.5, 0.6) is 0 Å². The molecule has 1 rings (SSSR count). The first-order valence-electron chi connectivity index (χ1n) is 5.19. The van der Waals surface area contributed by atoms with E-state index in [-0.39, 0.29) is 11.8 Å². The lowest BCUT2D eigenvalue weighted by atomic mass is 10.2. The molecule has 0 aliphatic heterocycles. The van der Waals surface area contributed by atoms with Crippen LogP contribution in [-0.4, -0.2) is 21.9 Å². The van der Waals surface area contributed by atoms with Crippen LogP contribution in [0.3, 0.4) is 0 Å². The van der Waals surface area contributed by atoms with E-state index in [1.54, 1.807) is 18.2 Å². The van der Waals surface area contributed by atoms with E-state index >= 15 is 0 Å². The van der Waals surface area contributed by atoms with Crippen LogP contribution >= 0.6 is 15.9 Å². The molecule has 0 aliphatic carbocycles. The van der Waals surface area contributed by atoms with E-state index in [0.717, 1.165) is 0 Å². The van der Waals surface area contributed by atoms with E-state index in [4.69, 9.17) is 0 Å². The molecule has 1 atom stereocenters. The Morgan fingerprint density at radius 3 is 2.47 bits per heavy atom. The molecular weight excluding hydrogens is 302 g/mol. The summed E-state index contributed by atoms with van der Waals surface area (Å²) in [5.74, 6) is 3.68. The SMILES string of the molecule is C=S(=O)(NC(C)C)c1ccc(C(C)=O)c(Br)c1. The zero-order chi connectivity index (χ0) is 13.2. The number of halogens is 1. The molecule has 0 aliphatic rings. The maximum absolute atomic E-state index is 12.3. The highest BCUT2D eigenvalue weighted by molar-refractivity contribution is 9.10. The summed E-state index contributed by atoms with van der Waals surface area (Å²) in [7, 11) is -2.52. The highest BCUT2D eigenvalue weighted by Gasteiger charge is 2.12. The number of benzene rings is 1. The van der Waals surface area contributed by atoms with Crippen molar-refractivity contribution < 1.29 is 9.00 Å². The fraction of sp³-hybridized carbons (Fsp3) is 0.333. The van der Waals surface area contributed by atoms with Gasteiger partial charge in [0.05, 0.1) is 9.71 Å². The third kappa shape index (κ3) is 3.66. The second kappa shape index (κ2) is 5.33. The molecule has 5 heteroatoms. The van der Waals surface area contributed by atoms with Crippen LogP contribution in [0.4, 0.5) is 0 Å². The minimum absolute atomic E-state index is 0.0317.